The molecule has 1 aliphatic carbocycles. The van der Waals surface area contributed by atoms with Crippen LogP contribution in [0.25, 0.3) is 0 Å². The Bertz CT molecular complexity index is 777. The molecule has 0 bridgehead atoms. The Morgan fingerprint density at radius 3 is 2.03 bits per heavy atom. The third kappa shape index (κ3) is 5.25. The van der Waals surface area contributed by atoms with Gasteiger partial charge in [-0.05, 0) is 37.8 Å². The van der Waals surface area contributed by atoms with E-state index in [-0.39, 0.29) is 17.4 Å². The van der Waals surface area contributed by atoms with E-state index in [1.54, 1.807) is 18.2 Å². The largest absolute Gasteiger partial charge is 0.468 e. The SMILES string of the molecule is C=C(CC(C(=O)OC)(C(=O)OC)C(=O)Oc1ccccc1)C(=O)OC1CCCCC1. The van der Waals surface area contributed by atoms with Gasteiger partial charge in [0.2, 0.25) is 0 Å². The summed E-state index contributed by atoms with van der Waals surface area (Å²) < 4.78 is 20.0. The Hall–Kier alpha value is -3.16. The maximum absolute atomic E-state index is 13.0. The van der Waals surface area contributed by atoms with Crippen molar-refractivity contribution >= 4 is 23.9 Å². The Kier molecular flexibility index (Phi) is 8.15. The second-order valence-electron chi connectivity index (χ2n) is 7.04. The predicted octanol–water partition coefficient (Wildman–Crippen LogP) is 2.75. The van der Waals surface area contributed by atoms with Crippen LogP contribution in [-0.2, 0) is 33.4 Å². The normalized spacial score (nSPS) is 14.3. The number of hydrogen-bond acceptors (Lipinski definition) is 8. The van der Waals surface area contributed by atoms with E-state index < -0.39 is 35.7 Å². The molecule has 0 unspecified atom stereocenters. The van der Waals surface area contributed by atoms with Crippen LogP contribution in [0.4, 0.5) is 0 Å². The number of benzene rings is 1. The molecule has 0 amide bonds. The molecule has 1 aromatic rings. The van der Waals surface area contributed by atoms with Crippen LogP contribution in [-0.4, -0.2) is 44.2 Å². The molecule has 0 aromatic heterocycles. The van der Waals surface area contributed by atoms with Gasteiger partial charge < -0.3 is 18.9 Å². The third-order valence-electron chi connectivity index (χ3n) is 4.96. The Balaban J connectivity index is 2.28. The lowest BCUT2D eigenvalue weighted by Crippen LogP contribution is -2.50. The van der Waals surface area contributed by atoms with Crippen molar-refractivity contribution < 1.29 is 38.1 Å². The van der Waals surface area contributed by atoms with Gasteiger partial charge in [-0.2, -0.15) is 0 Å². The van der Waals surface area contributed by atoms with Gasteiger partial charge in [-0.15, -0.1) is 0 Å². The molecular formula is C22H26O8. The molecular weight excluding hydrogens is 392 g/mol. The molecule has 8 nitrogen and oxygen atoms in total. The average Bonchev–Trinajstić information content (AvgIpc) is 2.77. The maximum atomic E-state index is 13.0. The number of esters is 4. The third-order valence-corrected chi connectivity index (χ3v) is 4.96. The molecule has 1 aromatic carbocycles. The van der Waals surface area contributed by atoms with E-state index in [4.69, 9.17) is 18.9 Å². The van der Waals surface area contributed by atoms with Gasteiger partial charge in [-0.25, -0.2) is 9.59 Å². The van der Waals surface area contributed by atoms with Crippen molar-refractivity contribution in [2.45, 2.75) is 44.6 Å². The molecule has 0 radical (unpaired) electrons. The van der Waals surface area contributed by atoms with Crippen molar-refractivity contribution in [2.24, 2.45) is 5.41 Å². The lowest BCUT2D eigenvalue weighted by Gasteiger charge is -2.27. The van der Waals surface area contributed by atoms with E-state index in [9.17, 15) is 19.2 Å². The minimum absolute atomic E-state index is 0.107. The van der Waals surface area contributed by atoms with Crippen molar-refractivity contribution in [3.8, 4) is 5.75 Å². The molecule has 0 aliphatic heterocycles. The van der Waals surface area contributed by atoms with Gasteiger partial charge in [0, 0.05) is 12.0 Å². The Morgan fingerprint density at radius 1 is 0.933 bits per heavy atom. The summed E-state index contributed by atoms with van der Waals surface area (Å²) in [4.78, 5) is 50.7. The van der Waals surface area contributed by atoms with Crippen molar-refractivity contribution in [3.63, 3.8) is 0 Å². The Morgan fingerprint density at radius 2 is 1.50 bits per heavy atom. The fraction of sp³-hybridized carbons (Fsp3) is 0.455. The van der Waals surface area contributed by atoms with Crippen LogP contribution in [0.1, 0.15) is 38.5 Å². The first-order chi connectivity index (χ1) is 14.3. The van der Waals surface area contributed by atoms with E-state index in [1.165, 1.54) is 12.1 Å². The molecule has 0 N–H and O–H groups in total. The molecule has 162 valence electrons. The predicted molar refractivity (Wildman–Crippen MR) is 105 cm³/mol. The standard InChI is InChI=1S/C22H26O8/c1-15(18(23)29-16-10-6-4-7-11-16)14-22(19(24)27-2,20(25)28-3)21(26)30-17-12-8-5-9-13-17/h5,8-9,12-13,16H,1,4,6-7,10-11,14H2,2-3H3. The summed E-state index contributed by atoms with van der Waals surface area (Å²) in [5.41, 5.74) is -2.79. The minimum Gasteiger partial charge on any atom is -0.468 e. The van der Waals surface area contributed by atoms with Crippen LogP contribution < -0.4 is 4.74 Å². The van der Waals surface area contributed by atoms with Crippen molar-refractivity contribution in [3.05, 3.63) is 42.5 Å². The number of methoxy groups -OCH3 is 2. The zero-order valence-corrected chi connectivity index (χ0v) is 17.2. The van der Waals surface area contributed by atoms with Gasteiger partial charge in [0.25, 0.3) is 5.41 Å². The highest BCUT2D eigenvalue weighted by Gasteiger charge is 2.58. The molecule has 1 saturated carbocycles. The first-order valence-corrected chi connectivity index (χ1v) is 9.68. The minimum atomic E-state index is -2.55. The van der Waals surface area contributed by atoms with Gasteiger partial charge in [-0.3, -0.25) is 9.59 Å². The highest BCUT2D eigenvalue weighted by molar-refractivity contribution is 6.19. The highest BCUT2D eigenvalue weighted by Crippen LogP contribution is 2.33. The summed E-state index contributed by atoms with van der Waals surface area (Å²) in [7, 11) is 2.03. The summed E-state index contributed by atoms with van der Waals surface area (Å²) in [6, 6.07) is 7.88. The molecule has 30 heavy (non-hydrogen) atoms. The highest BCUT2D eigenvalue weighted by atomic mass is 16.6. The molecule has 0 heterocycles. The molecule has 0 atom stereocenters. The summed E-state index contributed by atoms with van der Waals surface area (Å²) in [6.45, 7) is 3.63. The van der Waals surface area contributed by atoms with E-state index in [2.05, 4.69) is 6.58 Å². The molecule has 0 saturated heterocycles. The van der Waals surface area contributed by atoms with Crippen LogP contribution in [0.2, 0.25) is 0 Å². The van der Waals surface area contributed by atoms with Crippen molar-refractivity contribution in [1.29, 1.82) is 0 Å². The molecule has 0 spiro atoms. The molecule has 1 fully saturated rings. The van der Waals surface area contributed by atoms with E-state index in [1.807, 2.05) is 0 Å². The van der Waals surface area contributed by atoms with Crippen LogP contribution in [0, 0.1) is 5.41 Å². The van der Waals surface area contributed by atoms with Gasteiger partial charge in [0.05, 0.1) is 14.2 Å². The number of carbonyl (C=O) groups excluding carboxylic acids is 4. The zero-order chi connectivity index (χ0) is 22.1. The number of ether oxygens (including phenoxy) is 4. The first kappa shape index (κ1) is 23.1. The monoisotopic (exact) mass is 418 g/mol. The second-order valence-corrected chi connectivity index (χ2v) is 7.04. The van der Waals surface area contributed by atoms with Gasteiger partial charge >= 0.3 is 23.9 Å². The fourth-order valence-corrected chi connectivity index (χ4v) is 3.31. The van der Waals surface area contributed by atoms with E-state index in [0.717, 1.165) is 46.3 Å². The van der Waals surface area contributed by atoms with Crippen LogP contribution in [0.5, 0.6) is 5.75 Å². The van der Waals surface area contributed by atoms with Crippen LogP contribution in [0.15, 0.2) is 42.5 Å². The van der Waals surface area contributed by atoms with Gasteiger partial charge in [-0.1, -0.05) is 31.2 Å². The molecule has 8 heteroatoms. The van der Waals surface area contributed by atoms with Gasteiger partial charge in [0.15, 0.2) is 0 Å². The number of para-hydroxylation sites is 1. The lowest BCUT2D eigenvalue weighted by molar-refractivity contribution is -0.177. The quantitative estimate of drug-likeness (QED) is 0.209. The van der Waals surface area contributed by atoms with E-state index in [0.29, 0.717) is 0 Å². The fourth-order valence-electron chi connectivity index (χ4n) is 3.31. The zero-order valence-electron chi connectivity index (χ0n) is 17.2. The van der Waals surface area contributed by atoms with Crippen LogP contribution in [0.3, 0.4) is 0 Å². The lowest BCUT2D eigenvalue weighted by atomic mass is 9.81. The maximum Gasteiger partial charge on any atom is 0.340 e. The van der Waals surface area contributed by atoms with Crippen molar-refractivity contribution in [2.75, 3.05) is 14.2 Å². The van der Waals surface area contributed by atoms with Crippen LogP contribution >= 0.6 is 0 Å². The number of hydrogen-bond donors (Lipinski definition) is 0. The van der Waals surface area contributed by atoms with E-state index >= 15 is 0 Å². The van der Waals surface area contributed by atoms with Crippen molar-refractivity contribution in [1.82, 2.24) is 0 Å². The number of carbonyl (C=O) groups is 4. The molecule has 1 aliphatic rings. The summed E-state index contributed by atoms with van der Waals surface area (Å²) in [5.74, 6) is -4.36. The second kappa shape index (κ2) is 10.6. The topological polar surface area (TPSA) is 105 Å². The van der Waals surface area contributed by atoms with Gasteiger partial charge in [0.1, 0.15) is 11.9 Å². The summed E-state index contributed by atoms with van der Waals surface area (Å²) in [5, 5.41) is 0. The molecule has 2 rings (SSSR count). The average molecular weight is 418 g/mol. The Labute approximate surface area is 175 Å². The first-order valence-electron chi connectivity index (χ1n) is 9.68. The summed E-state index contributed by atoms with van der Waals surface area (Å²) >= 11 is 0. The smallest absolute Gasteiger partial charge is 0.340 e. The summed E-state index contributed by atoms with van der Waals surface area (Å²) in [6.07, 6.45) is 3.48. The number of rotatable bonds is 8.